The number of aliphatic hydroxyl groups excluding tert-OH is 1. The second kappa shape index (κ2) is 6.72. The van der Waals surface area contributed by atoms with Crippen LogP contribution in [0.4, 0.5) is 5.69 Å². The van der Waals surface area contributed by atoms with Crippen LogP contribution in [0.3, 0.4) is 0 Å². The largest absolute Gasteiger partial charge is 0.391 e. The average Bonchev–Trinajstić information content (AvgIpc) is 2.93. The molecule has 0 radical (unpaired) electrons. The van der Waals surface area contributed by atoms with Crippen LogP contribution >= 0.6 is 0 Å². The van der Waals surface area contributed by atoms with Crippen LogP contribution in [-0.4, -0.2) is 45.9 Å². The molecule has 26 heavy (non-hydrogen) atoms. The number of aliphatic hydroxyl groups is 1. The van der Waals surface area contributed by atoms with E-state index in [0.717, 1.165) is 36.9 Å². The summed E-state index contributed by atoms with van der Waals surface area (Å²) >= 11 is 0. The van der Waals surface area contributed by atoms with Crippen LogP contribution in [0.25, 0.3) is 0 Å². The van der Waals surface area contributed by atoms with Gasteiger partial charge in [0.25, 0.3) is 5.91 Å². The number of carbonyl (C=O) groups is 3. The normalized spacial score (nSPS) is 28.7. The lowest BCUT2D eigenvalue weighted by atomic mass is 9.92. The molecule has 7 nitrogen and oxygen atoms in total. The summed E-state index contributed by atoms with van der Waals surface area (Å²) in [5.74, 6) is -0.849. The lowest BCUT2D eigenvalue weighted by molar-refractivity contribution is -0.136. The van der Waals surface area contributed by atoms with Crippen molar-refractivity contribution in [1.82, 2.24) is 10.2 Å². The maximum Gasteiger partial charge on any atom is 0.255 e. The van der Waals surface area contributed by atoms with Gasteiger partial charge >= 0.3 is 0 Å². The van der Waals surface area contributed by atoms with Crippen molar-refractivity contribution >= 4 is 23.4 Å². The van der Waals surface area contributed by atoms with Gasteiger partial charge in [-0.15, -0.1) is 0 Å². The molecule has 0 spiro atoms. The first-order valence-corrected chi connectivity index (χ1v) is 9.25. The number of piperidine rings is 1. The van der Waals surface area contributed by atoms with Gasteiger partial charge in [0.05, 0.1) is 12.1 Å². The molecule has 3 atom stereocenters. The van der Waals surface area contributed by atoms with E-state index < -0.39 is 11.9 Å². The van der Waals surface area contributed by atoms with Gasteiger partial charge in [-0.3, -0.25) is 19.7 Å². The second-order valence-corrected chi connectivity index (χ2v) is 7.37. The first-order valence-electron chi connectivity index (χ1n) is 9.25. The number of nitrogens with one attached hydrogen (secondary N) is 2. The fourth-order valence-corrected chi connectivity index (χ4v) is 4.16. The molecule has 0 bridgehead atoms. The SMILES string of the molecule is O=C1CCC(N2Cc3cc(NC4CCCC[C@@H]4O)ccc3C2=O)C(=O)N1. The molecule has 3 N–H and O–H groups in total. The molecule has 2 unspecified atom stereocenters. The Bertz CT molecular complexity index is 763. The van der Waals surface area contributed by atoms with Gasteiger partial charge in [-0.05, 0) is 43.0 Å². The molecule has 2 aliphatic heterocycles. The highest BCUT2D eigenvalue weighted by Crippen LogP contribution is 2.30. The zero-order chi connectivity index (χ0) is 18.3. The van der Waals surface area contributed by atoms with Crippen molar-refractivity contribution in [2.75, 3.05) is 5.32 Å². The minimum atomic E-state index is -0.593. The summed E-state index contributed by atoms with van der Waals surface area (Å²) < 4.78 is 0. The fourth-order valence-electron chi connectivity index (χ4n) is 4.16. The van der Waals surface area contributed by atoms with Crippen molar-refractivity contribution in [2.24, 2.45) is 0 Å². The Labute approximate surface area is 151 Å². The maximum absolute atomic E-state index is 12.7. The van der Waals surface area contributed by atoms with E-state index in [1.807, 2.05) is 12.1 Å². The molecule has 1 aromatic rings. The molecule has 4 rings (SSSR count). The Morgan fingerprint density at radius 3 is 2.69 bits per heavy atom. The molecule has 2 fully saturated rings. The van der Waals surface area contributed by atoms with Crippen molar-refractivity contribution in [3.05, 3.63) is 29.3 Å². The number of amides is 3. The number of carbonyl (C=O) groups excluding carboxylic acids is 3. The van der Waals surface area contributed by atoms with Crippen molar-refractivity contribution in [2.45, 2.75) is 63.3 Å². The summed E-state index contributed by atoms with van der Waals surface area (Å²) in [5.41, 5.74) is 2.35. The van der Waals surface area contributed by atoms with Gasteiger partial charge in [0.15, 0.2) is 0 Å². The third-order valence-corrected chi connectivity index (χ3v) is 5.61. The third kappa shape index (κ3) is 3.07. The predicted octanol–water partition coefficient (Wildman–Crippen LogP) is 1.16. The minimum absolute atomic E-state index is 0.0325. The first kappa shape index (κ1) is 17.0. The molecule has 3 amide bonds. The number of anilines is 1. The number of fused-ring (bicyclic) bond motifs is 1. The summed E-state index contributed by atoms with van der Waals surface area (Å²) in [6.45, 7) is 0.364. The number of hydrogen-bond donors (Lipinski definition) is 3. The fraction of sp³-hybridized carbons (Fsp3) is 0.526. The first-order chi connectivity index (χ1) is 12.5. The van der Waals surface area contributed by atoms with E-state index in [4.69, 9.17) is 0 Å². The Balaban J connectivity index is 1.49. The molecule has 1 saturated heterocycles. The number of hydrogen-bond acceptors (Lipinski definition) is 5. The number of nitrogens with zero attached hydrogens (tertiary/aromatic N) is 1. The molecule has 7 heteroatoms. The lowest BCUT2D eigenvalue weighted by Crippen LogP contribution is -2.52. The van der Waals surface area contributed by atoms with Crippen molar-refractivity contribution in [3.8, 4) is 0 Å². The zero-order valence-electron chi connectivity index (χ0n) is 14.5. The summed E-state index contributed by atoms with van der Waals surface area (Å²) in [7, 11) is 0. The summed E-state index contributed by atoms with van der Waals surface area (Å²) in [6.07, 6.45) is 4.16. The quantitative estimate of drug-likeness (QED) is 0.705. The Morgan fingerprint density at radius 1 is 1.12 bits per heavy atom. The average molecular weight is 357 g/mol. The van der Waals surface area contributed by atoms with Crippen LogP contribution in [-0.2, 0) is 16.1 Å². The smallest absolute Gasteiger partial charge is 0.255 e. The van der Waals surface area contributed by atoms with E-state index in [1.54, 1.807) is 11.0 Å². The van der Waals surface area contributed by atoms with Crippen LogP contribution in [0.2, 0.25) is 0 Å². The van der Waals surface area contributed by atoms with E-state index in [1.165, 1.54) is 0 Å². The van der Waals surface area contributed by atoms with E-state index in [9.17, 15) is 19.5 Å². The van der Waals surface area contributed by atoms with Gasteiger partial charge in [-0.25, -0.2) is 0 Å². The molecule has 2 heterocycles. The Kier molecular flexibility index (Phi) is 4.40. The van der Waals surface area contributed by atoms with Crippen LogP contribution in [0.5, 0.6) is 0 Å². The Morgan fingerprint density at radius 2 is 1.92 bits per heavy atom. The van der Waals surface area contributed by atoms with Gasteiger partial charge in [-0.1, -0.05) is 12.8 Å². The van der Waals surface area contributed by atoms with Crippen LogP contribution in [0, 0.1) is 0 Å². The standard InChI is InChI=1S/C19H23N3O4/c23-16-4-2-1-3-14(16)20-12-5-6-13-11(9-12)10-22(19(13)26)15-7-8-17(24)21-18(15)25/h5-6,9,14-16,20,23H,1-4,7-8,10H2,(H,21,24,25)/t14?,15?,16-/m0/s1. The molecule has 3 aliphatic rings. The summed E-state index contributed by atoms with van der Waals surface area (Å²) in [4.78, 5) is 37.6. The van der Waals surface area contributed by atoms with Gasteiger partial charge in [0, 0.05) is 24.2 Å². The highest BCUT2D eigenvalue weighted by molar-refractivity contribution is 6.05. The minimum Gasteiger partial charge on any atom is -0.391 e. The van der Waals surface area contributed by atoms with E-state index in [2.05, 4.69) is 10.6 Å². The molecule has 1 saturated carbocycles. The maximum atomic E-state index is 12.7. The molecular weight excluding hydrogens is 334 g/mol. The number of imide groups is 1. The molecule has 0 aromatic heterocycles. The number of rotatable bonds is 3. The Hall–Kier alpha value is -2.41. The van der Waals surface area contributed by atoms with Crippen molar-refractivity contribution < 1.29 is 19.5 Å². The molecule has 138 valence electrons. The number of benzene rings is 1. The van der Waals surface area contributed by atoms with E-state index >= 15 is 0 Å². The van der Waals surface area contributed by atoms with E-state index in [-0.39, 0.29) is 30.4 Å². The van der Waals surface area contributed by atoms with Crippen LogP contribution in [0.15, 0.2) is 18.2 Å². The lowest BCUT2D eigenvalue weighted by Gasteiger charge is -2.29. The third-order valence-electron chi connectivity index (χ3n) is 5.61. The highest BCUT2D eigenvalue weighted by atomic mass is 16.3. The van der Waals surface area contributed by atoms with Crippen molar-refractivity contribution in [3.63, 3.8) is 0 Å². The second-order valence-electron chi connectivity index (χ2n) is 7.37. The van der Waals surface area contributed by atoms with Crippen LogP contribution in [0.1, 0.15) is 54.4 Å². The van der Waals surface area contributed by atoms with Gasteiger partial charge in [0.2, 0.25) is 11.8 Å². The van der Waals surface area contributed by atoms with Crippen LogP contribution < -0.4 is 10.6 Å². The molecule has 1 aliphatic carbocycles. The predicted molar refractivity (Wildman–Crippen MR) is 94.4 cm³/mol. The van der Waals surface area contributed by atoms with Gasteiger partial charge < -0.3 is 15.3 Å². The van der Waals surface area contributed by atoms with Gasteiger partial charge in [0.1, 0.15) is 6.04 Å². The van der Waals surface area contributed by atoms with Crippen molar-refractivity contribution in [1.29, 1.82) is 0 Å². The zero-order valence-corrected chi connectivity index (χ0v) is 14.5. The molecular formula is C19H23N3O4. The van der Waals surface area contributed by atoms with E-state index in [0.29, 0.717) is 18.5 Å². The highest BCUT2D eigenvalue weighted by Gasteiger charge is 2.39. The van der Waals surface area contributed by atoms with Gasteiger partial charge in [-0.2, -0.15) is 0 Å². The monoisotopic (exact) mass is 357 g/mol. The summed E-state index contributed by atoms with van der Waals surface area (Å²) in [5, 5.41) is 15.8. The summed E-state index contributed by atoms with van der Waals surface area (Å²) in [6, 6.07) is 5.00. The topological polar surface area (TPSA) is 98.7 Å². The molecule has 1 aromatic carbocycles.